The normalized spacial score (nSPS) is 14.8. The van der Waals surface area contributed by atoms with E-state index in [-0.39, 0.29) is 4.83 Å². The molecule has 0 aliphatic carbocycles. The molecule has 0 bridgehead atoms. The largest absolute Gasteiger partial charge is 0.330 e. The Hall–Kier alpha value is 0.360. The summed E-state index contributed by atoms with van der Waals surface area (Å²) in [4.78, 5) is 0.0509. The van der Waals surface area contributed by atoms with Crippen LogP contribution in [-0.2, 0) is 14.2 Å². The molecule has 0 heterocycles. The van der Waals surface area contributed by atoms with E-state index >= 15 is 0 Å². The minimum Gasteiger partial charge on any atom is -0.330 e. The molecule has 12 heavy (non-hydrogen) atoms. The van der Waals surface area contributed by atoms with E-state index in [1.165, 1.54) is 0 Å². The van der Waals surface area contributed by atoms with Gasteiger partial charge in [0.25, 0.3) is 5.97 Å². The van der Waals surface area contributed by atoms with Crippen molar-refractivity contribution in [2.75, 3.05) is 21.3 Å². The molecule has 1 atom stereocenters. The van der Waals surface area contributed by atoms with Crippen LogP contribution < -0.4 is 0 Å². The number of methoxy groups -OCH3 is 3. The summed E-state index contributed by atoms with van der Waals surface area (Å²) in [7, 11) is 4.70. The van der Waals surface area contributed by atoms with Gasteiger partial charge in [0.2, 0.25) is 0 Å². The summed E-state index contributed by atoms with van der Waals surface area (Å²) in [6.07, 6.45) is 1.99. The molecule has 0 aliphatic rings. The lowest BCUT2D eigenvalue weighted by atomic mass is 10.2. The number of halogens is 1. The van der Waals surface area contributed by atoms with Crippen LogP contribution in [0.2, 0.25) is 0 Å². The first-order valence-electron chi connectivity index (χ1n) is 3.96. The lowest BCUT2D eigenvalue weighted by Gasteiger charge is -2.32. The molecule has 0 amide bonds. The number of hydrogen-bond donors (Lipinski definition) is 0. The average Bonchev–Trinajstić information content (AvgIpc) is 2.09. The van der Waals surface area contributed by atoms with Crippen molar-refractivity contribution in [1.29, 1.82) is 0 Å². The van der Waals surface area contributed by atoms with E-state index in [1.54, 1.807) is 21.3 Å². The molecule has 0 spiro atoms. The summed E-state index contributed by atoms with van der Waals surface area (Å²) in [6.45, 7) is 2.10. The second-order valence-corrected chi connectivity index (χ2v) is 3.58. The Balaban J connectivity index is 4.24. The summed E-state index contributed by atoms with van der Waals surface area (Å²) in [6, 6.07) is 0. The molecule has 0 N–H and O–H groups in total. The fraction of sp³-hybridized carbons (Fsp3) is 1.00. The summed E-state index contributed by atoms with van der Waals surface area (Å²) < 4.78 is 15.5. The fourth-order valence-corrected chi connectivity index (χ4v) is 2.08. The molecule has 0 radical (unpaired) electrons. The van der Waals surface area contributed by atoms with Gasteiger partial charge in [0.1, 0.15) is 0 Å². The summed E-state index contributed by atoms with van der Waals surface area (Å²) in [5.41, 5.74) is 0. The Morgan fingerprint density at radius 3 is 1.83 bits per heavy atom. The molecule has 3 nitrogen and oxygen atoms in total. The summed E-state index contributed by atoms with van der Waals surface area (Å²) >= 11 is 3.47. The van der Waals surface area contributed by atoms with Crippen LogP contribution in [0.25, 0.3) is 0 Å². The molecule has 0 aromatic heterocycles. The van der Waals surface area contributed by atoms with Gasteiger partial charge in [-0.25, -0.2) is 0 Å². The van der Waals surface area contributed by atoms with Gasteiger partial charge >= 0.3 is 0 Å². The van der Waals surface area contributed by atoms with Crippen molar-refractivity contribution in [3.8, 4) is 0 Å². The van der Waals surface area contributed by atoms with Gasteiger partial charge in [-0.1, -0.05) is 29.3 Å². The molecular formula is C8H17BrO3. The van der Waals surface area contributed by atoms with Gasteiger partial charge in [-0.2, -0.15) is 0 Å². The van der Waals surface area contributed by atoms with E-state index in [0.29, 0.717) is 0 Å². The Morgan fingerprint density at radius 1 is 1.17 bits per heavy atom. The highest BCUT2D eigenvalue weighted by molar-refractivity contribution is 9.09. The van der Waals surface area contributed by atoms with Crippen LogP contribution in [0.5, 0.6) is 0 Å². The number of ether oxygens (including phenoxy) is 3. The average molecular weight is 241 g/mol. The molecule has 0 saturated heterocycles. The lowest BCUT2D eigenvalue weighted by Crippen LogP contribution is -2.44. The van der Waals surface area contributed by atoms with E-state index in [9.17, 15) is 0 Å². The van der Waals surface area contributed by atoms with Crippen molar-refractivity contribution in [1.82, 2.24) is 0 Å². The van der Waals surface area contributed by atoms with Gasteiger partial charge in [-0.05, 0) is 6.42 Å². The van der Waals surface area contributed by atoms with Crippen LogP contribution in [0, 0.1) is 0 Å². The zero-order valence-corrected chi connectivity index (χ0v) is 9.68. The fourth-order valence-electron chi connectivity index (χ4n) is 1.06. The molecule has 4 heteroatoms. The van der Waals surface area contributed by atoms with E-state index in [1.807, 2.05) is 0 Å². The Morgan fingerprint density at radius 2 is 1.58 bits per heavy atom. The first-order chi connectivity index (χ1) is 5.66. The molecule has 0 rings (SSSR count). The van der Waals surface area contributed by atoms with Gasteiger partial charge in [-0.3, -0.25) is 0 Å². The first-order valence-corrected chi connectivity index (χ1v) is 4.88. The van der Waals surface area contributed by atoms with Crippen LogP contribution in [0.1, 0.15) is 19.8 Å². The predicted octanol–water partition coefficient (Wildman–Crippen LogP) is 2.14. The quantitative estimate of drug-likeness (QED) is 0.526. The van der Waals surface area contributed by atoms with Gasteiger partial charge in [0.05, 0.1) is 4.83 Å². The SMILES string of the molecule is CCCC(Br)C(OC)(OC)OC. The molecule has 74 valence electrons. The maximum absolute atomic E-state index is 5.16. The molecule has 0 aromatic carbocycles. The summed E-state index contributed by atoms with van der Waals surface area (Å²) in [5, 5.41) is 0. The second kappa shape index (κ2) is 5.91. The van der Waals surface area contributed by atoms with Crippen LogP contribution in [0.3, 0.4) is 0 Å². The van der Waals surface area contributed by atoms with Gasteiger partial charge < -0.3 is 14.2 Å². The van der Waals surface area contributed by atoms with Crippen molar-refractivity contribution >= 4 is 15.9 Å². The van der Waals surface area contributed by atoms with Crippen molar-refractivity contribution < 1.29 is 14.2 Å². The standard InChI is InChI=1S/C8H17BrO3/c1-5-6-7(9)8(10-2,11-3)12-4/h7H,5-6H2,1-4H3. The molecule has 0 saturated carbocycles. The van der Waals surface area contributed by atoms with E-state index < -0.39 is 5.97 Å². The van der Waals surface area contributed by atoms with Gasteiger partial charge in [-0.15, -0.1) is 0 Å². The Labute approximate surface area is 82.5 Å². The maximum Gasteiger partial charge on any atom is 0.295 e. The molecule has 0 aromatic rings. The van der Waals surface area contributed by atoms with Crippen molar-refractivity contribution in [2.24, 2.45) is 0 Å². The van der Waals surface area contributed by atoms with Gasteiger partial charge in [0, 0.05) is 21.3 Å². The number of rotatable bonds is 6. The van der Waals surface area contributed by atoms with E-state index in [4.69, 9.17) is 14.2 Å². The third kappa shape index (κ3) is 2.69. The second-order valence-electron chi connectivity index (χ2n) is 2.47. The summed E-state index contributed by atoms with van der Waals surface area (Å²) in [5.74, 6) is -0.948. The monoisotopic (exact) mass is 240 g/mol. The zero-order valence-electron chi connectivity index (χ0n) is 8.09. The highest BCUT2D eigenvalue weighted by Crippen LogP contribution is 2.27. The Bertz CT molecular complexity index is 107. The van der Waals surface area contributed by atoms with Crippen molar-refractivity contribution in [2.45, 2.75) is 30.6 Å². The Kier molecular flexibility index (Phi) is 6.09. The van der Waals surface area contributed by atoms with Crippen molar-refractivity contribution in [3.05, 3.63) is 0 Å². The smallest absolute Gasteiger partial charge is 0.295 e. The third-order valence-electron chi connectivity index (χ3n) is 1.78. The van der Waals surface area contributed by atoms with Crippen LogP contribution >= 0.6 is 15.9 Å². The van der Waals surface area contributed by atoms with Crippen LogP contribution in [0.4, 0.5) is 0 Å². The van der Waals surface area contributed by atoms with Crippen LogP contribution in [-0.4, -0.2) is 32.1 Å². The van der Waals surface area contributed by atoms with Gasteiger partial charge in [0.15, 0.2) is 0 Å². The third-order valence-corrected chi connectivity index (χ3v) is 2.80. The predicted molar refractivity (Wildman–Crippen MR) is 51.4 cm³/mol. The molecule has 0 aliphatic heterocycles. The first kappa shape index (κ1) is 12.4. The lowest BCUT2D eigenvalue weighted by molar-refractivity contribution is -0.350. The van der Waals surface area contributed by atoms with Crippen molar-refractivity contribution in [3.63, 3.8) is 0 Å². The topological polar surface area (TPSA) is 27.7 Å². The molecule has 0 fully saturated rings. The maximum atomic E-state index is 5.16. The van der Waals surface area contributed by atoms with Crippen LogP contribution in [0.15, 0.2) is 0 Å². The number of hydrogen-bond acceptors (Lipinski definition) is 3. The highest BCUT2D eigenvalue weighted by Gasteiger charge is 2.37. The number of alkyl halides is 1. The van der Waals surface area contributed by atoms with E-state index in [0.717, 1.165) is 12.8 Å². The molecule has 1 unspecified atom stereocenters. The highest BCUT2D eigenvalue weighted by atomic mass is 79.9. The minimum absolute atomic E-state index is 0.0509. The molecular weight excluding hydrogens is 224 g/mol. The minimum atomic E-state index is -0.948. The van der Waals surface area contributed by atoms with E-state index in [2.05, 4.69) is 22.9 Å². The zero-order chi connectivity index (χ0) is 9.61.